The van der Waals surface area contributed by atoms with E-state index in [2.05, 4.69) is 65.2 Å². The van der Waals surface area contributed by atoms with Crippen LogP contribution >= 0.6 is 0 Å². The number of nitro groups is 2. The fourth-order valence-corrected chi connectivity index (χ4v) is 10.2. The standard InChI is InChI=1S/C72H70N10O10.Zn/c1-7-13-31-87-59-39-53-55(41-61(59)89-33-15-9-3)69-76-67(53)74-65-51-37-47(25-19-45-21-27-49(28-22-45)81(83)84)48(26-20-46-23-29-50(30-24-46)82(85)86)38-52(51)66(73-65)75-68-54-40-60(88-32-14-8-2)62(90-34-16-10-4)42-56(54)70(77-68)79-72-58-44-64(92-36-18-12-6)63(91-35-17-11-5)43-57(58)71(78-69)80-72;/h21-24,27-30,37-44H,7-18,31-36H2,1-6H3;/q-2;+2. The van der Waals surface area contributed by atoms with Gasteiger partial charge in [0, 0.05) is 91.4 Å². The van der Waals surface area contributed by atoms with Crippen LogP contribution in [0.3, 0.4) is 0 Å². The first-order chi connectivity index (χ1) is 45.0. The molecule has 2 aliphatic heterocycles. The normalized spacial score (nSPS) is 11.2. The monoisotopic (exact) mass is 1300 g/mol. The second kappa shape index (κ2) is 30.9. The Morgan fingerprint density at radius 1 is 0.355 bits per heavy atom. The molecule has 5 heterocycles. The maximum atomic E-state index is 11.6. The van der Waals surface area contributed by atoms with Crippen LogP contribution in [0.5, 0.6) is 34.5 Å². The van der Waals surface area contributed by atoms with E-state index in [1.807, 2.05) is 48.5 Å². The van der Waals surface area contributed by atoms with Crippen LogP contribution in [-0.4, -0.2) is 79.4 Å². The number of nitro benzene ring substituents is 2. The minimum absolute atomic E-state index is 0. The van der Waals surface area contributed by atoms with Gasteiger partial charge < -0.3 is 58.3 Å². The molecular formula is C72H70N10O10Zn. The van der Waals surface area contributed by atoms with Crippen LogP contribution < -0.4 is 38.4 Å². The van der Waals surface area contributed by atoms with Crippen molar-refractivity contribution in [3.63, 3.8) is 0 Å². The van der Waals surface area contributed by atoms with Crippen LogP contribution in [0.15, 0.2) is 97.1 Å². The van der Waals surface area contributed by atoms with E-state index in [4.69, 9.17) is 68.3 Å². The second-order valence-corrected chi connectivity index (χ2v) is 22.3. The van der Waals surface area contributed by atoms with Gasteiger partial charge >= 0.3 is 19.5 Å². The Kier molecular flexibility index (Phi) is 21.9. The topological polar surface area (TPSA) is 247 Å². The summed E-state index contributed by atoms with van der Waals surface area (Å²) < 4.78 is 39.1. The van der Waals surface area contributed by atoms with Crippen LogP contribution in [0.1, 0.15) is 141 Å². The Bertz CT molecular complexity index is 4270. The summed E-state index contributed by atoms with van der Waals surface area (Å²) in [6.45, 7) is 15.4. The minimum Gasteiger partial charge on any atom is -0.490 e. The predicted octanol–water partition coefficient (Wildman–Crippen LogP) is 15.8. The zero-order chi connectivity index (χ0) is 64.1. The molecule has 8 bridgehead atoms. The van der Waals surface area contributed by atoms with Crippen LogP contribution in [0.4, 0.5) is 11.4 Å². The van der Waals surface area contributed by atoms with Gasteiger partial charge in [-0.2, -0.15) is 0 Å². The summed E-state index contributed by atoms with van der Waals surface area (Å²) in [6, 6.07) is 27.0. The Balaban J connectivity index is 0.00000946. The van der Waals surface area contributed by atoms with E-state index in [9.17, 15) is 20.2 Å². The number of non-ortho nitro benzene ring substituents is 2. The van der Waals surface area contributed by atoms with E-state index < -0.39 is 9.85 Å². The number of unbranched alkanes of at least 4 members (excludes halogenated alkanes) is 6. The fraction of sp³-hybridized carbons (Fsp3) is 0.333. The largest absolute Gasteiger partial charge is 2.00 e. The van der Waals surface area contributed by atoms with Crippen molar-refractivity contribution in [1.29, 1.82) is 0 Å². The maximum Gasteiger partial charge on any atom is 2.00 e. The Labute approximate surface area is 551 Å². The van der Waals surface area contributed by atoms with E-state index in [0.717, 1.165) is 77.0 Å². The van der Waals surface area contributed by atoms with Gasteiger partial charge in [0.15, 0.2) is 34.5 Å². The van der Waals surface area contributed by atoms with Crippen molar-refractivity contribution in [3.05, 3.63) is 140 Å². The van der Waals surface area contributed by atoms with Crippen molar-refractivity contribution in [2.45, 2.75) is 119 Å². The zero-order valence-electron chi connectivity index (χ0n) is 53.2. The van der Waals surface area contributed by atoms with Crippen LogP contribution in [0.25, 0.3) is 89.7 Å². The molecular weight excluding hydrogens is 1230 g/mol. The van der Waals surface area contributed by atoms with Crippen molar-refractivity contribution in [3.8, 4) is 104 Å². The summed E-state index contributed by atoms with van der Waals surface area (Å²) in [4.78, 5) is 64.8. The molecule has 470 valence electrons. The van der Waals surface area contributed by atoms with Crippen molar-refractivity contribution in [1.82, 2.24) is 39.9 Å². The van der Waals surface area contributed by atoms with E-state index in [1.54, 1.807) is 24.3 Å². The summed E-state index contributed by atoms with van der Waals surface area (Å²) in [5.41, 5.74) is 5.23. The predicted molar refractivity (Wildman–Crippen MR) is 355 cm³/mol. The first-order valence-electron chi connectivity index (χ1n) is 31.7. The number of nitrogens with zero attached hydrogens (tertiary/aromatic N) is 10. The maximum absolute atomic E-state index is 11.6. The molecule has 93 heavy (non-hydrogen) atoms. The van der Waals surface area contributed by atoms with Gasteiger partial charge in [0.2, 0.25) is 0 Å². The molecule has 20 nitrogen and oxygen atoms in total. The van der Waals surface area contributed by atoms with Crippen molar-refractivity contribution >= 4 is 55.5 Å². The third-order valence-electron chi connectivity index (χ3n) is 15.4. The van der Waals surface area contributed by atoms with Crippen LogP contribution in [0.2, 0.25) is 0 Å². The van der Waals surface area contributed by atoms with E-state index in [-0.39, 0.29) is 65.4 Å². The third-order valence-corrected chi connectivity index (χ3v) is 15.4. The number of ether oxygens (including phenoxy) is 6. The second-order valence-electron chi connectivity index (χ2n) is 22.3. The van der Waals surface area contributed by atoms with E-state index in [1.165, 1.54) is 24.3 Å². The van der Waals surface area contributed by atoms with Crippen molar-refractivity contribution < 1.29 is 57.7 Å². The molecule has 0 fully saturated rings. The van der Waals surface area contributed by atoms with Gasteiger partial charge in [0.25, 0.3) is 11.4 Å². The minimum atomic E-state index is -0.468. The molecule has 0 saturated heterocycles. The smallest absolute Gasteiger partial charge is 0.490 e. The fourth-order valence-electron chi connectivity index (χ4n) is 10.2. The van der Waals surface area contributed by atoms with Crippen LogP contribution in [0, 0.1) is 43.9 Å². The zero-order valence-corrected chi connectivity index (χ0v) is 56.2. The van der Waals surface area contributed by atoms with Crippen molar-refractivity contribution in [2.75, 3.05) is 39.6 Å². The van der Waals surface area contributed by atoms with Gasteiger partial charge in [0.1, 0.15) is 0 Å². The third kappa shape index (κ3) is 15.2. The van der Waals surface area contributed by atoms with Gasteiger partial charge in [-0.1, -0.05) is 104 Å². The molecule has 6 aromatic carbocycles. The first kappa shape index (κ1) is 66.0. The number of rotatable bonds is 26. The molecule has 0 atom stereocenters. The Morgan fingerprint density at radius 2 is 0.602 bits per heavy atom. The van der Waals surface area contributed by atoms with Gasteiger partial charge in [-0.25, -0.2) is 9.97 Å². The Hall–Kier alpha value is -9.98. The average Bonchev–Trinajstić information content (AvgIpc) is 1.61. The molecule has 9 aromatic rings. The molecule has 0 spiro atoms. The molecule has 0 N–H and O–H groups in total. The van der Waals surface area contributed by atoms with E-state index in [0.29, 0.717) is 151 Å². The quantitative estimate of drug-likeness (QED) is 0.0161. The number of fused-ring (bicyclic) bond motifs is 20. The summed E-state index contributed by atoms with van der Waals surface area (Å²) in [5, 5.41) is 25.6. The van der Waals surface area contributed by atoms with E-state index >= 15 is 0 Å². The first-order valence-corrected chi connectivity index (χ1v) is 31.7. The van der Waals surface area contributed by atoms with Gasteiger partial charge in [-0.05, 0) is 133 Å². The molecule has 2 aliphatic rings. The molecule has 21 heteroatoms. The Morgan fingerprint density at radius 3 is 0.849 bits per heavy atom. The summed E-state index contributed by atoms with van der Waals surface area (Å²) in [6.07, 6.45) is 10.4. The summed E-state index contributed by atoms with van der Waals surface area (Å²) >= 11 is 0. The molecule has 0 unspecified atom stereocenters. The molecule has 0 amide bonds. The van der Waals surface area contributed by atoms with Gasteiger partial charge in [-0.3, -0.25) is 20.2 Å². The molecule has 3 aromatic heterocycles. The number of hydrogen-bond donors (Lipinski definition) is 0. The van der Waals surface area contributed by atoms with Crippen molar-refractivity contribution in [2.24, 2.45) is 0 Å². The summed E-state index contributed by atoms with van der Waals surface area (Å²) in [5.74, 6) is 17.2. The SMILES string of the molecule is CCCCOc1cc2c(cc1OCCCC)-c1nc-2nc2[n-]c(nc3nc(nc4[n-]c(n1)c1cc(OCCCC)c(OCCCC)cc41)-c1cc(OCCCC)c(OCCCC)cc1-3)c1cc(C#Cc3ccc([N+](=O)[O-])cc3)c(C#Cc3ccc([N+](=O)[O-])cc3)cc21.[Zn+2]. The molecule has 0 aliphatic carbocycles. The van der Waals surface area contributed by atoms with Crippen LogP contribution in [-0.2, 0) is 19.5 Å². The average molecular weight is 1300 g/mol. The molecule has 11 rings (SSSR count). The van der Waals surface area contributed by atoms with Gasteiger partial charge in [0.05, 0.1) is 72.8 Å². The summed E-state index contributed by atoms with van der Waals surface area (Å²) in [7, 11) is 0. The molecule has 0 saturated carbocycles. The number of hydrogen-bond acceptors (Lipinski definition) is 16. The number of aromatic nitrogens is 8. The number of benzene rings is 6. The molecule has 0 radical (unpaired) electrons. The van der Waals surface area contributed by atoms with Gasteiger partial charge in [-0.15, -0.1) is 0 Å².